The third-order valence-electron chi connectivity index (χ3n) is 1.41. The monoisotopic (exact) mass is 377 g/mol. The van der Waals surface area contributed by atoms with Gasteiger partial charge in [-0.1, -0.05) is 15.9 Å². The number of pyridine rings is 1. The minimum Gasteiger partial charge on any atom is -0.254 e. The van der Waals surface area contributed by atoms with Crippen molar-refractivity contribution in [2.45, 2.75) is 11.8 Å². The molecule has 0 atom stereocenters. The Balaban J connectivity index is 3.23. The zero-order valence-corrected chi connectivity index (χ0v) is 11.0. The van der Waals surface area contributed by atoms with Gasteiger partial charge in [0.25, 0.3) is 6.43 Å². The molecule has 0 saturated carbocycles. The fourth-order valence-corrected chi connectivity index (χ4v) is 2.54. The van der Waals surface area contributed by atoms with Crippen LogP contribution >= 0.6 is 47.8 Å². The lowest BCUT2D eigenvalue weighted by Crippen LogP contribution is -1.95. The number of aromatic nitrogens is 1. The van der Waals surface area contributed by atoms with Gasteiger partial charge in [0.2, 0.25) is 0 Å². The first-order chi connectivity index (χ1) is 6.07. The third-order valence-corrected chi connectivity index (χ3v) is 4.25. The van der Waals surface area contributed by atoms with E-state index in [-0.39, 0.29) is 5.69 Å². The maximum absolute atomic E-state index is 12.3. The number of rotatable bonds is 2. The molecule has 6 heteroatoms. The lowest BCUT2D eigenvalue weighted by Gasteiger charge is -2.07. The molecule has 0 aromatic carbocycles. The first-order valence-corrected chi connectivity index (χ1v) is 5.95. The molecule has 0 radical (unpaired) electrons. The van der Waals surface area contributed by atoms with Crippen LogP contribution in [0.3, 0.4) is 0 Å². The summed E-state index contributed by atoms with van der Waals surface area (Å²) in [5.41, 5.74) is 0.591. The maximum Gasteiger partial charge on any atom is 0.281 e. The lowest BCUT2D eigenvalue weighted by atomic mass is 10.3. The Bertz CT molecular complexity index is 317. The highest BCUT2D eigenvalue weighted by molar-refractivity contribution is 9.13. The third kappa shape index (κ3) is 2.47. The van der Waals surface area contributed by atoms with Crippen LogP contribution in [0.2, 0.25) is 0 Å². The topological polar surface area (TPSA) is 12.9 Å². The molecular weight excluding hydrogens is 376 g/mol. The summed E-state index contributed by atoms with van der Waals surface area (Å²) in [6.45, 7) is 0. The Morgan fingerprint density at radius 3 is 2.38 bits per heavy atom. The molecule has 0 bridgehead atoms. The predicted molar refractivity (Wildman–Crippen MR) is 57.2 cm³/mol. The first-order valence-electron chi connectivity index (χ1n) is 3.24. The number of hydrogen-bond acceptors (Lipinski definition) is 1. The second kappa shape index (κ2) is 4.79. The summed E-state index contributed by atoms with van der Waals surface area (Å²) < 4.78 is 25.6. The molecule has 0 amide bonds. The van der Waals surface area contributed by atoms with Gasteiger partial charge in [-0.2, -0.15) is 0 Å². The minimum atomic E-state index is -2.56. The highest BCUT2D eigenvalue weighted by atomic mass is 79.9. The van der Waals surface area contributed by atoms with E-state index in [0.29, 0.717) is 14.3 Å². The number of hydrogen-bond donors (Lipinski definition) is 0. The van der Waals surface area contributed by atoms with Crippen LogP contribution in [0.4, 0.5) is 8.78 Å². The molecule has 72 valence electrons. The van der Waals surface area contributed by atoms with Crippen molar-refractivity contribution in [3.8, 4) is 0 Å². The second-order valence-corrected chi connectivity index (χ2v) is 4.38. The van der Waals surface area contributed by atoms with Crippen molar-refractivity contribution < 1.29 is 8.78 Å². The summed E-state index contributed by atoms with van der Waals surface area (Å²) in [7, 11) is 0. The summed E-state index contributed by atoms with van der Waals surface area (Å²) in [5.74, 6) is 0. The van der Waals surface area contributed by atoms with Crippen LogP contribution in [0.1, 0.15) is 17.7 Å². The minimum absolute atomic E-state index is 0.239. The van der Waals surface area contributed by atoms with E-state index < -0.39 is 6.43 Å². The fraction of sp³-hybridized carbons (Fsp3) is 0.286. The summed E-state index contributed by atoms with van der Waals surface area (Å²) in [6.07, 6.45) is -1.14. The van der Waals surface area contributed by atoms with E-state index in [1.165, 1.54) is 6.20 Å². The molecule has 1 rings (SSSR count). The van der Waals surface area contributed by atoms with Gasteiger partial charge in [-0.3, -0.25) is 4.98 Å². The van der Waals surface area contributed by atoms with Crippen LogP contribution in [0.25, 0.3) is 0 Å². The highest BCUT2D eigenvalue weighted by Crippen LogP contribution is 2.34. The zero-order valence-electron chi connectivity index (χ0n) is 6.20. The molecule has 1 heterocycles. The maximum atomic E-state index is 12.3. The van der Waals surface area contributed by atoms with E-state index in [1.54, 1.807) is 0 Å². The van der Waals surface area contributed by atoms with Crippen molar-refractivity contribution in [1.29, 1.82) is 0 Å². The smallest absolute Gasteiger partial charge is 0.254 e. The predicted octanol–water partition coefficient (Wildman–Crippen LogP) is 4.44. The highest BCUT2D eigenvalue weighted by Gasteiger charge is 2.17. The van der Waals surface area contributed by atoms with Crippen LogP contribution in [0, 0.1) is 0 Å². The molecule has 0 fully saturated rings. The molecule has 0 N–H and O–H groups in total. The largest absolute Gasteiger partial charge is 0.281 e. The summed E-state index contributed by atoms with van der Waals surface area (Å²) in [4.78, 5) is 3.65. The summed E-state index contributed by atoms with van der Waals surface area (Å²) in [5, 5.41) is 0.572. The van der Waals surface area contributed by atoms with Gasteiger partial charge in [-0.05, 0) is 37.4 Å². The van der Waals surface area contributed by atoms with Gasteiger partial charge in [-0.25, -0.2) is 8.78 Å². The van der Waals surface area contributed by atoms with E-state index >= 15 is 0 Å². The molecule has 0 unspecified atom stereocenters. The fourth-order valence-electron chi connectivity index (χ4n) is 0.760. The van der Waals surface area contributed by atoms with Gasteiger partial charge in [-0.15, -0.1) is 0 Å². The van der Waals surface area contributed by atoms with Crippen molar-refractivity contribution in [2.24, 2.45) is 0 Å². The van der Waals surface area contributed by atoms with Crippen molar-refractivity contribution in [3.63, 3.8) is 0 Å². The SMILES string of the molecule is FC(F)c1ncc(CBr)c(Br)c1Br. The number of nitrogens with zero attached hydrogens (tertiary/aromatic N) is 1. The van der Waals surface area contributed by atoms with Gasteiger partial charge in [0.05, 0.1) is 4.47 Å². The van der Waals surface area contributed by atoms with Gasteiger partial charge in [0.15, 0.2) is 0 Å². The van der Waals surface area contributed by atoms with Crippen molar-refractivity contribution in [1.82, 2.24) is 4.98 Å². The average molecular weight is 380 g/mol. The lowest BCUT2D eigenvalue weighted by molar-refractivity contribution is 0.145. The van der Waals surface area contributed by atoms with Crippen molar-refractivity contribution in [3.05, 3.63) is 26.4 Å². The molecule has 0 saturated heterocycles. The Kier molecular flexibility index (Phi) is 4.25. The summed E-state index contributed by atoms with van der Waals surface area (Å²) in [6, 6.07) is 0. The second-order valence-electron chi connectivity index (χ2n) is 2.23. The summed E-state index contributed by atoms with van der Waals surface area (Å²) >= 11 is 9.50. The molecule has 13 heavy (non-hydrogen) atoms. The van der Waals surface area contributed by atoms with Crippen molar-refractivity contribution in [2.75, 3.05) is 0 Å². The molecule has 0 aliphatic heterocycles. The number of alkyl halides is 3. The van der Waals surface area contributed by atoms with Crippen LogP contribution in [0.5, 0.6) is 0 Å². The molecule has 1 aromatic rings. The van der Waals surface area contributed by atoms with Gasteiger partial charge >= 0.3 is 0 Å². The quantitative estimate of drug-likeness (QED) is 0.692. The Morgan fingerprint density at radius 1 is 1.31 bits per heavy atom. The van der Waals surface area contributed by atoms with Gasteiger partial charge in [0, 0.05) is 16.0 Å². The Labute approximate surface area is 99.3 Å². The zero-order chi connectivity index (χ0) is 10.0. The van der Waals surface area contributed by atoms with Crippen LogP contribution in [-0.4, -0.2) is 4.98 Å². The normalized spacial score (nSPS) is 10.9. The Hall–Kier alpha value is 0.450. The van der Waals surface area contributed by atoms with E-state index in [0.717, 1.165) is 5.56 Å². The molecule has 1 nitrogen and oxygen atoms in total. The molecule has 0 aliphatic rings. The molecule has 0 spiro atoms. The average Bonchev–Trinajstić information content (AvgIpc) is 2.09. The van der Waals surface area contributed by atoms with E-state index in [9.17, 15) is 8.78 Å². The molecule has 0 aliphatic carbocycles. The van der Waals surface area contributed by atoms with E-state index in [2.05, 4.69) is 52.8 Å². The van der Waals surface area contributed by atoms with Crippen molar-refractivity contribution >= 4 is 47.8 Å². The van der Waals surface area contributed by atoms with Gasteiger partial charge in [0.1, 0.15) is 5.69 Å². The molecule has 1 aromatic heterocycles. The van der Waals surface area contributed by atoms with Gasteiger partial charge < -0.3 is 0 Å². The Morgan fingerprint density at radius 2 is 1.92 bits per heavy atom. The number of halogens is 5. The van der Waals surface area contributed by atoms with Crippen LogP contribution in [0.15, 0.2) is 15.1 Å². The van der Waals surface area contributed by atoms with E-state index in [1.807, 2.05) is 0 Å². The van der Waals surface area contributed by atoms with Crippen LogP contribution < -0.4 is 0 Å². The van der Waals surface area contributed by atoms with E-state index in [4.69, 9.17) is 0 Å². The first kappa shape index (κ1) is 11.5. The van der Waals surface area contributed by atoms with Crippen LogP contribution in [-0.2, 0) is 5.33 Å². The molecular formula is C7H4Br3F2N. The standard InChI is InChI=1S/C7H4Br3F2N/c8-1-3-2-13-6(7(11)12)5(10)4(3)9/h2,7H,1H2.